The molecule has 2 saturated heterocycles. The van der Waals surface area contributed by atoms with E-state index in [2.05, 4.69) is 91.2 Å². The number of piperidine rings is 2. The summed E-state index contributed by atoms with van der Waals surface area (Å²) < 4.78 is 8.46. The number of urea groups is 1. The monoisotopic (exact) mass is 1170 g/mol. The maximum absolute atomic E-state index is 12.8. The molecule has 0 unspecified atom stereocenters. The van der Waals surface area contributed by atoms with E-state index in [-0.39, 0.29) is 35.8 Å². The molecule has 67 heavy (non-hydrogen) atoms. The molecule has 8 rings (SSSR count). The summed E-state index contributed by atoms with van der Waals surface area (Å²) in [6.07, 6.45) is 6.83. The fourth-order valence-corrected chi connectivity index (χ4v) is 11.0. The number of phenols is 2. The summed E-state index contributed by atoms with van der Waals surface area (Å²) in [5, 5.41) is 35.0. The fraction of sp³-hybridized carbons (Fsp3) is 0.375. The third-order valence-electron chi connectivity index (χ3n) is 12.1. The number of esters is 1. The van der Waals surface area contributed by atoms with E-state index in [0.29, 0.717) is 81.2 Å². The molecule has 0 radical (unpaired) electrons. The van der Waals surface area contributed by atoms with E-state index in [4.69, 9.17) is 5.73 Å². The van der Waals surface area contributed by atoms with E-state index in [9.17, 15) is 39.3 Å². The predicted octanol–water partition coefficient (Wildman–Crippen LogP) is 6.58. The number of nitrogens with two attached hydrogens (primary N) is 1. The van der Waals surface area contributed by atoms with Crippen LogP contribution < -0.4 is 16.4 Å². The molecule has 0 bridgehead atoms. The highest BCUT2D eigenvalue weighted by atomic mass is 79.9. The SMILES string of the molecule is COC(=O)[C@H](N)Cc1cc(Br)c(O)c(Br)c1.O=C(O)[C@@H](Cc1cc(Br)c(O)c(Br)c1)NC(=O)N1CCC(N2Cc3ccccc3CC2=O)CC1.O=C1Cc2ccccc2C=[N+]1C1CCNCC1. The van der Waals surface area contributed by atoms with Crippen molar-refractivity contribution in [1.82, 2.24) is 20.4 Å². The van der Waals surface area contributed by atoms with Crippen molar-refractivity contribution in [1.29, 1.82) is 0 Å². The van der Waals surface area contributed by atoms with Crippen molar-refractivity contribution >= 4 is 99.7 Å². The van der Waals surface area contributed by atoms with E-state index in [1.165, 1.54) is 18.2 Å². The number of halogens is 4. The minimum Gasteiger partial charge on any atom is -0.506 e. The topological polar surface area (TPSA) is 215 Å². The van der Waals surface area contributed by atoms with Gasteiger partial charge < -0.3 is 46.2 Å². The Morgan fingerprint density at radius 1 is 0.806 bits per heavy atom. The molecule has 19 heteroatoms. The number of fused-ring (bicyclic) bond motifs is 2. The number of likely N-dealkylation sites (tertiary alicyclic amines) is 1. The largest absolute Gasteiger partial charge is 0.506 e. The zero-order valence-electron chi connectivity index (χ0n) is 36.7. The van der Waals surface area contributed by atoms with Gasteiger partial charge in [0.2, 0.25) is 5.91 Å². The molecule has 4 aliphatic rings. The summed E-state index contributed by atoms with van der Waals surface area (Å²) in [5.41, 5.74) is 11.7. The molecule has 2 fully saturated rings. The zero-order chi connectivity index (χ0) is 48.4. The summed E-state index contributed by atoms with van der Waals surface area (Å²) in [5.74, 6) is -1.09. The van der Waals surface area contributed by atoms with Gasteiger partial charge in [-0.25, -0.2) is 14.4 Å². The number of nitrogens with one attached hydrogen (secondary N) is 2. The molecule has 0 saturated carbocycles. The number of amides is 4. The molecule has 4 amide bonds. The number of nitrogens with zero attached hydrogens (tertiary/aromatic N) is 3. The Balaban J connectivity index is 0.000000187. The summed E-state index contributed by atoms with van der Waals surface area (Å²) in [7, 11) is 1.30. The van der Waals surface area contributed by atoms with Gasteiger partial charge in [0.05, 0.1) is 31.4 Å². The molecule has 7 N–H and O–H groups in total. The number of benzene rings is 4. The van der Waals surface area contributed by atoms with E-state index in [1.807, 2.05) is 52.1 Å². The van der Waals surface area contributed by atoms with Gasteiger partial charge in [-0.2, -0.15) is 4.58 Å². The lowest BCUT2D eigenvalue weighted by molar-refractivity contribution is -0.488. The predicted molar refractivity (Wildman–Crippen MR) is 266 cm³/mol. The van der Waals surface area contributed by atoms with Gasteiger partial charge in [0.25, 0.3) is 0 Å². The number of carbonyl (C=O) groups is 5. The van der Waals surface area contributed by atoms with Crippen LogP contribution >= 0.6 is 63.7 Å². The minimum absolute atomic E-state index is 0.0261. The minimum atomic E-state index is -1.14. The molecular weight excluding hydrogens is 1120 g/mol. The Bertz CT molecular complexity index is 2470. The van der Waals surface area contributed by atoms with Gasteiger partial charge >= 0.3 is 23.9 Å². The highest BCUT2D eigenvalue weighted by Crippen LogP contribution is 2.35. The Kier molecular flexibility index (Phi) is 18.6. The van der Waals surface area contributed by atoms with Crippen LogP contribution in [0.5, 0.6) is 11.5 Å². The van der Waals surface area contributed by atoms with Crippen molar-refractivity contribution in [2.45, 2.75) is 82.1 Å². The molecule has 0 spiro atoms. The first-order valence-corrected chi connectivity index (χ1v) is 25.0. The number of rotatable bonds is 9. The molecule has 4 aromatic rings. The van der Waals surface area contributed by atoms with E-state index < -0.39 is 30.1 Å². The Morgan fingerprint density at radius 2 is 1.34 bits per heavy atom. The molecule has 4 aliphatic heterocycles. The van der Waals surface area contributed by atoms with Crippen molar-refractivity contribution in [3.05, 3.63) is 124 Å². The first kappa shape index (κ1) is 51.7. The van der Waals surface area contributed by atoms with Crippen molar-refractivity contribution in [2.75, 3.05) is 33.3 Å². The van der Waals surface area contributed by atoms with Crippen LogP contribution in [0.15, 0.2) is 90.7 Å². The number of hydrogen-bond acceptors (Lipinski definition) is 10. The number of carboxylic acid groups (broad SMARTS) is 1. The maximum Gasteiger partial charge on any atom is 0.391 e. The van der Waals surface area contributed by atoms with Gasteiger partial charge in [-0.1, -0.05) is 42.5 Å². The third kappa shape index (κ3) is 13.7. The lowest BCUT2D eigenvalue weighted by Gasteiger charge is -2.40. The Labute approximate surface area is 422 Å². The number of aliphatic carboxylic acids is 1. The van der Waals surface area contributed by atoms with Crippen molar-refractivity contribution in [2.24, 2.45) is 5.73 Å². The number of methoxy groups -OCH3 is 1. The highest BCUT2D eigenvalue weighted by Gasteiger charge is 2.35. The number of hydrogen-bond donors (Lipinski definition) is 6. The molecule has 0 aromatic heterocycles. The van der Waals surface area contributed by atoms with Gasteiger partial charge in [-0.3, -0.25) is 9.59 Å². The second-order valence-electron chi connectivity index (χ2n) is 16.7. The van der Waals surface area contributed by atoms with Gasteiger partial charge in [0.15, 0.2) is 12.3 Å². The van der Waals surface area contributed by atoms with Crippen LogP contribution in [0.1, 0.15) is 59.1 Å². The number of phenolic OH excluding ortho intramolecular Hbond substituents is 2. The molecular formula is C48H53Br4N6O9+. The third-order valence-corrected chi connectivity index (χ3v) is 14.5. The molecule has 4 aromatic carbocycles. The summed E-state index contributed by atoms with van der Waals surface area (Å²) in [4.78, 5) is 64.1. The van der Waals surface area contributed by atoms with Gasteiger partial charge in [0, 0.05) is 63.6 Å². The summed E-state index contributed by atoms with van der Waals surface area (Å²) in [6.45, 7) is 3.52. The van der Waals surface area contributed by atoms with Crippen molar-refractivity contribution in [3.8, 4) is 11.5 Å². The van der Waals surface area contributed by atoms with E-state index >= 15 is 0 Å². The van der Waals surface area contributed by atoms with Gasteiger partial charge in [0.1, 0.15) is 30.0 Å². The van der Waals surface area contributed by atoms with Gasteiger partial charge in [-0.15, -0.1) is 0 Å². The Morgan fingerprint density at radius 3 is 1.91 bits per heavy atom. The van der Waals surface area contributed by atoms with Crippen LogP contribution in [0.25, 0.3) is 0 Å². The van der Waals surface area contributed by atoms with Crippen LogP contribution in [-0.4, -0.2) is 123 Å². The highest BCUT2D eigenvalue weighted by molar-refractivity contribution is 9.11. The molecule has 15 nitrogen and oxygen atoms in total. The second kappa shape index (κ2) is 24.1. The average molecular weight is 1180 g/mol. The van der Waals surface area contributed by atoms with Crippen LogP contribution in [-0.2, 0) is 56.1 Å². The van der Waals surface area contributed by atoms with Crippen LogP contribution in [0.2, 0.25) is 0 Å². The summed E-state index contributed by atoms with van der Waals surface area (Å²) in [6, 6.07) is 21.0. The first-order valence-electron chi connectivity index (χ1n) is 21.8. The Hall–Kier alpha value is -4.66. The number of carboxylic acids is 1. The number of ether oxygens (including phenoxy) is 1. The van der Waals surface area contributed by atoms with Crippen LogP contribution in [0.4, 0.5) is 4.79 Å². The fourth-order valence-electron chi connectivity index (χ4n) is 8.46. The van der Waals surface area contributed by atoms with E-state index in [0.717, 1.165) is 42.6 Å². The standard InChI is InChI=1S/C24H25Br2N3O5.C14H17N2O.C10H11Br2NO3/c25-18-9-14(10-19(26)22(18)31)11-20(23(32)33)27-24(34)28-7-5-17(6-8-28)29-13-16-4-2-1-3-15(16)12-21(29)30;17-14-9-11-3-1-2-4-12(11)10-16(14)13-5-7-15-8-6-13;1-16-10(15)8(13)4-5-2-6(11)9(14)7(12)3-5/h1-4,9-10,17,20,31H,5-8,11-13H2,(H,27,34)(H,32,33);1-4,10,13,15H,5-9H2;2-3,8,14H,4,13H2,1H3/q;+1;/t20-;;8-/m1.1/s1. The molecule has 4 heterocycles. The molecule has 0 aliphatic carbocycles. The number of aromatic hydroxyl groups is 2. The lowest BCUT2D eigenvalue weighted by atomic mass is 9.95. The average Bonchev–Trinajstić information content (AvgIpc) is 3.32. The van der Waals surface area contributed by atoms with Gasteiger partial charge in [-0.05, 0) is 141 Å². The van der Waals surface area contributed by atoms with E-state index in [1.54, 1.807) is 29.2 Å². The first-order chi connectivity index (χ1) is 32.0. The normalized spacial score (nSPS) is 17.0. The van der Waals surface area contributed by atoms with Crippen LogP contribution in [0, 0.1) is 0 Å². The van der Waals surface area contributed by atoms with Crippen LogP contribution in [0.3, 0.4) is 0 Å². The molecule has 2 atom stereocenters. The second-order valence-corrected chi connectivity index (χ2v) is 20.1. The maximum atomic E-state index is 12.8. The molecule has 356 valence electrons. The summed E-state index contributed by atoms with van der Waals surface area (Å²) >= 11 is 12.9. The lowest BCUT2D eigenvalue weighted by Crippen LogP contribution is -2.54. The quantitative estimate of drug-likeness (QED) is 0.0778. The smallest absolute Gasteiger partial charge is 0.391 e. The zero-order valence-corrected chi connectivity index (χ0v) is 43.1. The van der Waals surface area contributed by atoms with Crippen molar-refractivity contribution < 1.29 is 48.6 Å². The number of carbonyl (C=O) groups excluding carboxylic acids is 4. The van der Waals surface area contributed by atoms with Crippen molar-refractivity contribution in [3.63, 3.8) is 0 Å².